The van der Waals surface area contributed by atoms with Crippen LogP contribution in [0.25, 0.3) is 0 Å². The number of rotatable bonds is 6. The van der Waals surface area contributed by atoms with Gasteiger partial charge in [0.2, 0.25) is 0 Å². The zero-order chi connectivity index (χ0) is 19.8. The lowest BCUT2D eigenvalue weighted by Crippen LogP contribution is -2.18. The van der Waals surface area contributed by atoms with E-state index in [1.807, 2.05) is 30.3 Å². The van der Waals surface area contributed by atoms with E-state index in [1.54, 1.807) is 55.6 Å². The molecule has 28 heavy (non-hydrogen) atoms. The van der Waals surface area contributed by atoms with Gasteiger partial charge >= 0.3 is 0 Å². The van der Waals surface area contributed by atoms with Crippen molar-refractivity contribution in [2.24, 2.45) is 5.10 Å². The Hall–Kier alpha value is -3.93. The fourth-order valence-corrected chi connectivity index (χ4v) is 2.50. The predicted molar refractivity (Wildman–Crippen MR) is 109 cm³/mol. The highest BCUT2D eigenvalue weighted by atomic mass is 16.5. The highest BCUT2D eigenvalue weighted by molar-refractivity contribution is 6.04. The van der Waals surface area contributed by atoms with Crippen LogP contribution >= 0.6 is 0 Å². The van der Waals surface area contributed by atoms with E-state index < -0.39 is 0 Å². The summed E-state index contributed by atoms with van der Waals surface area (Å²) in [5, 5.41) is 6.75. The van der Waals surface area contributed by atoms with Crippen LogP contribution in [0.4, 0.5) is 5.69 Å². The van der Waals surface area contributed by atoms with Crippen molar-refractivity contribution in [2.75, 3.05) is 12.4 Å². The number of hydrogen-bond donors (Lipinski definition) is 2. The number of carbonyl (C=O) groups excluding carboxylic acids is 2. The third-order valence-corrected chi connectivity index (χ3v) is 3.95. The number of para-hydroxylation sites is 1. The number of carbonyl (C=O) groups is 2. The lowest BCUT2D eigenvalue weighted by molar-refractivity contribution is 0.0954. The van der Waals surface area contributed by atoms with Crippen LogP contribution in [-0.4, -0.2) is 25.1 Å². The Morgan fingerprint density at radius 3 is 2.18 bits per heavy atom. The van der Waals surface area contributed by atoms with Crippen LogP contribution in [-0.2, 0) is 0 Å². The summed E-state index contributed by atoms with van der Waals surface area (Å²) in [7, 11) is 1.57. The molecule has 0 bridgehead atoms. The largest absolute Gasteiger partial charge is 0.496 e. The summed E-state index contributed by atoms with van der Waals surface area (Å²) in [5.74, 6) is 0.102. The predicted octanol–water partition coefficient (Wildman–Crippen LogP) is 3.71. The number of hydrazone groups is 1. The van der Waals surface area contributed by atoms with Crippen molar-refractivity contribution in [3.05, 3.63) is 95.6 Å². The van der Waals surface area contributed by atoms with Crippen LogP contribution in [0.2, 0.25) is 0 Å². The van der Waals surface area contributed by atoms with Gasteiger partial charge in [0.15, 0.2) is 0 Å². The maximum Gasteiger partial charge on any atom is 0.271 e. The van der Waals surface area contributed by atoms with Gasteiger partial charge in [-0.1, -0.05) is 30.3 Å². The highest BCUT2D eigenvalue weighted by Gasteiger charge is 2.07. The number of ether oxygens (including phenoxy) is 1. The van der Waals surface area contributed by atoms with Gasteiger partial charge < -0.3 is 10.1 Å². The lowest BCUT2D eigenvalue weighted by atomic mass is 10.1. The quantitative estimate of drug-likeness (QED) is 0.511. The second-order valence-electron chi connectivity index (χ2n) is 5.84. The molecule has 0 unspecified atom stereocenters. The molecule has 0 atom stereocenters. The van der Waals surface area contributed by atoms with Gasteiger partial charge in [0.1, 0.15) is 5.75 Å². The number of methoxy groups -OCH3 is 1. The van der Waals surface area contributed by atoms with Gasteiger partial charge in [0.05, 0.1) is 13.3 Å². The molecule has 0 saturated heterocycles. The fraction of sp³-hybridized carbons (Fsp3) is 0.0455. The second kappa shape index (κ2) is 9.14. The minimum Gasteiger partial charge on any atom is -0.496 e. The SMILES string of the molecule is COc1ccccc1/C=N\NC(=O)c1ccc(NC(=O)c2ccccc2)cc1. The first-order valence-corrected chi connectivity index (χ1v) is 8.60. The van der Waals surface area contributed by atoms with Gasteiger partial charge in [0.25, 0.3) is 11.8 Å². The van der Waals surface area contributed by atoms with E-state index in [4.69, 9.17) is 4.74 Å². The average Bonchev–Trinajstić information content (AvgIpc) is 2.75. The molecule has 3 aromatic rings. The van der Waals surface area contributed by atoms with Crippen molar-refractivity contribution in [1.82, 2.24) is 5.43 Å². The molecule has 6 heteroatoms. The second-order valence-corrected chi connectivity index (χ2v) is 5.84. The third-order valence-electron chi connectivity index (χ3n) is 3.95. The highest BCUT2D eigenvalue weighted by Crippen LogP contribution is 2.15. The Kier molecular flexibility index (Phi) is 6.15. The Bertz CT molecular complexity index is 983. The molecule has 3 rings (SSSR count). The average molecular weight is 373 g/mol. The summed E-state index contributed by atoms with van der Waals surface area (Å²) in [6, 6.07) is 22.8. The van der Waals surface area contributed by atoms with Crippen molar-refractivity contribution < 1.29 is 14.3 Å². The summed E-state index contributed by atoms with van der Waals surface area (Å²) in [5.41, 5.74) is 4.82. The molecule has 140 valence electrons. The first-order chi connectivity index (χ1) is 13.7. The molecule has 0 aliphatic heterocycles. The van der Waals surface area contributed by atoms with Gasteiger partial charge in [-0.15, -0.1) is 0 Å². The van der Waals surface area contributed by atoms with E-state index in [0.717, 1.165) is 5.56 Å². The Balaban J connectivity index is 1.59. The molecule has 2 N–H and O–H groups in total. The van der Waals surface area contributed by atoms with Crippen LogP contribution in [0.1, 0.15) is 26.3 Å². The molecule has 0 aromatic heterocycles. The van der Waals surface area contributed by atoms with Crippen LogP contribution in [0.3, 0.4) is 0 Å². The number of nitrogens with one attached hydrogen (secondary N) is 2. The van der Waals surface area contributed by atoms with Crippen molar-refractivity contribution in [1.29, 1.82) is 0 Å². The van der Waals surface area contributed by atoms with E-state index >= 15 is 0 Å². The summed E-state index contributed by atoms with van der Waals surface area (Å²) < 4.78 is 5.23. The van der Waals surface area contributed by atoms with E-state index in [-0.39, 0.29) is 11.8 Å². The molecule has 3 aromatic carbocycles. The minimum absolute atomic E-state index is 0.209. The standard InChI is InChI=1S/C22H19N3O3/c1-28-20-10-6-5-9-18(20)15-23-25-22(27)17-11-13-19(14-12-17)24-21(26)16-7-3-2-4-8-16/h2-15H,1H3,(H,24,26)(H,25,27)/b23-15-. The van der Waals surface area contributed by atoms with Gasteiger partial charge in [-0.25, -0.2) is 5.43 Å². The monoisotopic (exact) mass is 373 g/mol. The van der Waals surface area contributed by atoms with E-state index in [2.05, 4.69) is 15.8 Å². The molecule has 2 amide bonds. The first-order valence-electron chi connectivity index (χ1n) is 8.60. The van der Waals surface area contributed by atoms with Gasteiger partial charge in [0, 0.05) is 22.4 Å². The van der Waals surface area contributed by atoms with Crippen LogP contribution in [0, 0.1) is 0 Å². The van der Waals surface area contributed by atoms with Gasteiger partial charge in [-0.2, -0.15) is 5.10 Å². The van der Waals surface area contributed by atoms with Crippen LogP contribution in [0.15, 0.2) is 84.0 Å². The zero-order valence-electron chi connectivity index (χ0n) is 15.3. The molecule has 0 aliphatic carbocycles. The molecule has 0 aliphatic rings. The summed E-state index contributed by atoms with van der Waals surface area (Å²) in [6.07, 6.45) is 1.52. The van der Waals surface area contributed by atoms with Crippen molar-refractivity contribution in [3.63, 3.8) is 0 Å². The summed E-state index contributed by atoms with van der Waals surface area (Å²) >= 11 is 0. The van der Waals surface area contributed by atoms with Gasteiger partial charge in [-0.3, -0.25) is 9.59 Å². The van der Waals surface area contributed by atoms with Crippen molar-refractivity contribution in [2.45, 2.75) is 0 Å². The zero-order valence-corrected chi connectivity index (χ0v) is 15.3. The number of anilines is 1. The number of benzene rings is 3. The van der Waals surface area contributed by atoms with Crippen molar-refractivity contribution in [3.8, 4) is 5.75 Å². The minimum atomic E-state index is -0.355. The Morgan fingerprint density at radius 2 is 1.46 bits per heavy atom. The molecule has 0 saturated carbocycles. The molecule has 0 heterocycles. The Morgan fingerprint density at radius 1 is 0.821 bits per heavy atom. The lowest BCUT2D eigenvalue weighted by Gasteiger charge is -2.06. The van der Waals surface area contributed by atoms with E-state index in [0.29, 0.717) is 22.6 Å². The van der Waals surface area contributed by atoms with Crippen LogP contribution < -0.4 is 15.5 Å². The maximum atomic E-state index is 12.2. The Labute approximate surface area is 162 Å². The van der Waals surface area contributed by atoms with Crippen LogP contribution in [0.5, 0.6) is 5.75 Å². The molecule has 0 fully saturated rings. The first kappa shape index (κ1) is 18.8. The number of hydrogen-bond acceptors (Lipinski definition) is 4. The molecule has 0 radical (unpaired) electrons. The smallest absolute Gasteiger partial charge is 0.271 e. The third kappa shape index (κ3) is 4.82. The topological polar surface area (TPSA) is 79.8 Å². The fourth-order valence-electron chi connectivity index (χ4n) is 2.50. The molecule has 0 spiro atoms. The molecular formula is C22H19N3O3. The van der Waals surface area contributed by atoms with E-state index in [1.165, 1.54) is 6.21 Å². The number of amides is 2. The molecular weight excluding hydrogens is 354 g/mol. The maximum absolute atomic E-state index is 12.2. The van der Waals surface area contributed by atoms with E-state index in [9.17, 15) is 9.59 Å². The summed E-state index contributed by atoms with van der Waals surface area (Å²) in [4.78, 5) is 24.3. The van der Waals surface area contributed by atoms with Crippen molar-refractivity contribution >= 4 is 23.7 Å². The number of nitrogens with zero attached hydrogens (tertiary/aromatic N) is 1. The molecule has 6 nitrogen and oxygen atoms in total. The van der Waals surface area contributed by atoms with Gasteiger partial charge in [-0.05, 0) is 48.5 Å². The normalized spacial score (nSPS) is 10.5. The summed E-state index contributed by atoms with van der Waals surface area (Å²) in [6.45, 7) is 0.